The summed E-state index contributed by atoms with van der Waals surface area (Å²) in [7, 11) is 3.24. The van der Waals surface area contributed by atoms with Crippen LogP contribution in [-0.4, -0.2) is 32.6 Å². The monoisotopic (exact) mass is 526 g/mol. The number of hydrogen-bond donors (Lipinski definition) is 3. The number of halogens is 1. The van der Waals surface area contributed by atoms with Gasteiger partial charge in [0.2, 0.25) is 5.91 Å². The van der Waals surface area contributed by atoms with Crippen molar-refractivity contribution in [2.45, 2.75) is 32.7 Å². The van der Waals surface area contributed by atoms with E-state index in [1.165, 1.54) is 0 Å². The number of methoxy groups -OCH3 is 2. The number of nitrogens with zero attached hydrogens (tertiary/aromatic N) is 1. The Kier molecular flexibility index (Phi) is 11.7. The molecule has 7 nitrogen and oxygen atoms in total. The first-order valence-corrected chi connectivity index (χ1v) is 9.69. The van der Waals surface area contributed by atoms with Crippen LogP contribution in [0.2, 0.25) is 0 Å². The minimum atomic E-state index is 0. The molecule has 8 heteroatoms. The molecule has 4 N–H and O–H groups in total. The highest BCUT2D eigenvalue weighted by atomic mass is 127. The first-order valence-electron chi connectivity index (χ1n) is 9.69. The number of nitrogens with one attached hydrogen (secondary N) is 2. The van der Waals surface area contributed by atoms with Gasteiger partial charge in [-0.15, -0.1) is 24.0 Å². The standard InChI is InChI=1S/C22H30N4O3.HI/c1-4-5-21(27)26-18-9-6-17(7-10-18)15-25-22(23)24-13-12-16-8-11-19(28-2)20(14-16)29-3;/h6-11,14H,4-5,12-13,15H2,1-3H3,(H,26,27)(H3,23,24,25);1H. The highest BCUT2D eigenvalue weighted by molar-refractivity contribution is 14.0. The number of carbonyl (C=O) groups excluding carboxylic acids is 1. The summed E-state index contributed by atoms with van der Waals surface area (Å²) in [6.07, 6.45) is 2.14. The molecule has 30 heavy (non-hydrogen) atoms. The number of rotatable bonds is 10. The highest BCUT2D eigenvalue weighted by Crippen LogP contribution is 2.27. The fourth-order valence-corrected chi connectivity index (χ4v) is 2.75. The van der Waals surface area contributed by atoms with E-state index in [1.807, 2.05) is 49.4 Å². The molecular weight excluding hydrogens is 495 g/mol. The molecule has 0 aliphatic heterocycles. The minimum Gasteiger partial charge on any atom is -0.493 e. The lowest BCUT2D eigenvalue weighted by Gasteiger charge is -2.10. The Morgan fingerprint density at radius 1 is 1.03 bits per heavy atom. The van der Waals surface area contributed by atoms with Crippen molar-refractivity contribution in [1.82, 2.24) is 5.32 Å². The van der Waals surface area contributed by atoms with Crippen LogP contribution < -0.4 is 25.8 Å². The molecule has 2 rings (SSSR count). The Morgan fingerprint density at radius 2 is 1.70 bits per heavy atom. The van der Waals surface area contributed by atoms with E-state index in [-0.39, 0.29) is 29.9 Å². The maximum absolute atomic E-state index is 11.6. The quantitative estimate of drug-likeness (QED) is 0.249. The number of hydrogen-bond acceptors (Lipinski definition) is 4. The first-order chi connectivity index (χ1) is 14.0. The number of ether oxygens (including phenoxy) is 2. The summed E-state index contributed by atoms with van der Waals surface area (Å²) >= 11 is 0. The summed E-state index contributed by atoms with van der Waals surface area (Å²) in [6, 6.07) is 13.5. The summed E-state index contributed by atoms with van der Waals surface area (Å²) < 4.78 is 10.6. The zero-order valence-corrected chi connectivity index (χ0v) is 20.1. The molecule has 1 amide bonds. The van der Waals surface area contributed by atoms with Crippen LogP contribution in [0.25, 0.3) is 0 Å². The van der Waals surface area contributed by atoms with Crippen molar-refractivity contribution in [2.75, 3.05) is 26.1 Å². The van der Waals surface area contributed by atoms with Crippen molar-refractivity contribution in [3.63, 3.8) is 0 Å². The number of benzene rings is 2. The smallest absolute Gasteiger partial charge is 0.224 e. The average molecular weight is 526 g/mol. The van der Waals surface area contributed by atoms with E-state index in [1.54, 1.807) is 14.2 Å². The topological polar surface area (TPSA) is 98.0 Å². The number of nitrogens with two attached hydrogens (primary N) is 1. The second kappa shape index (κ2) is 13.7. The van der Waals surface area contributed by atoms with Gasteiger partial charge in [0.1, 0.15) is 0 Å². The van der Waals surface area contributed by atoms with E-state index >= 15 is 0 Å². The molecule has 0 radical (unpaired) electrons. The predicted molar refractivity (Wildman–Crippen MR) is 132 cm³/mol. The molecule has 0 aliphatic rings. The van der Waals surface area contributed by atoms with Crippen molar-refractivity contribution in [1.29, 1.82) is 0 Å². The summed E-state index contributed by atoms with van der Waals surface area (Å²) in [6.45, 7) is 3.11. The summed E-state index contributed by atoms with van der Waals surface area (Å²) in [5, 5.41) is 5.98. The van der Waals surface area contributed by atoms with Crippen LogP contribution in [0.3, 0.4) is 0 Å². The minimum absolute atomic E-state index is 0. The number of anilines is 1. The lowest BCUT2D eigenvalue weighted by atomic mass is 10.1. The van der Waals surface area contributed by atoms with E-state index in [4.69, 9.17) is 15.2 Å². The SMILES string of the molecule is CCCC(=O)Nc1ccc(CN=C(N)NCCc2ccc(OC)c(OC)c2)cc1.I. The Labute approximate surface area is 195 Å². The molecule has 2 aromatic carbocycles. The Morgan fingerprint density at radius 3 is 2.33 bits per heavy atom. The van der Waals surface area contributed by atoms with Crippen LogP contribution in [0.5, 0.6) is 11.5 Å². The predicted octanol–water partition coefficient (Wildman–Crippen LogP) is 3.71. The van der Waals surface area contributed by atoms with Crippen LogP contribution in [0.15, 0.2) is 47.5 Å². The van der Waals surface area contributed by atoms with E-state index in [0.717, 1.165) is 29.7 Å². The fourth-order valence-electron chi connectivity index (χ4n) is 2.75. The van der Waals surface area contributed by atoms with Gasteiger partial charge >= 0.3 is 0 Å². The van der Waals surface area contributed by atoms with Crippen LogP contribution in [0, 0.1) is 0 Å². The largest absolute Gasteiger partial charge is 0.493 e. The van der Waals surface area contributed by atoms with Gasteiger partial charge in [-0.05, 0) is 48.2 Å². The third kappa shape index (κ3) is 8.48. The normalized spacial score (nSPS) is 10.7. The van der Waals surface area contributed by atoms with Crippen LogP contribution >= 0.6 is 24.0 Å². The molecule has 0 saturated carbocycles. The van der Waals surface area contributed by atoms with Gasteiger partial charge in [-0.3, -0.25) is 4.79 Å². The summed E-state index contributed by atoms with van der Waals surface area (Å²) in [5.41, 5.74) is 8.87. The molecule has 0 atom stereocenters. The van der Waals surface area contributed by atoms with Gasteiger partial charge in [-0.1, -0.05) is 25.1 Å². The first kappa shape index (κ1) is 25.5. The molecule has 164 valence electrons. The number of amides is 1. The Bertz CT molecular complexity index is 826. The molecule has 0 fully saturated rings. The molecule has 0 aliphatic carbocycles. The molecule has 0 saturated heterocycles. The van der Waals surface area contributed by atoms with E-state index in [9.17, 15) is 4.79 Å². The average Bonchev–Trinajstić information content (AvgIpc) is 2.73. The van der Waals surface area contributed by atoms with E-state index in [0.29, 0.717) is 37.0 Å². The summed E-state index contributed by atoms with van der Waals surface area (Å²) in [4.78, 5) is 16.0. The fraction of sp³-hybridized carbons (Fsp3) is 0.364. The third-order valence-corrected chi connectivity index (χ3v) is 4.31. The maximum atomic E-state index is 11.6. The molecule has 0 bridgehead atoms. The van der Waals surface area contributed by atoms with Crippen LogP contribution in [0.1, 0.15) is 30.9 Å². The van der Waals surface area contributed by atoms with Crippen molar-refractivity contribution in [2.24, 2.45) is 10.7 Å². The number of carbonyl (C=O) groups is 1. The van der Waals surface area contributed by atoms with Gasteiger partial charge in [0, 0.05) is 18.7 Å². The molecule has 0 aromatic heterocycles. The van der Waals surface area contributed by atoms with E-state index < -0.39 is 0 Å². The molecule has 0 unspecified atom stereocenters. The van der Waals surface area contributed by atoms with E-state index in [2.05, 4.69) is 15.6 Å². The van der Waals surface area contributed by atoms with Crippen molar-refractivity contribution >= 4 is 41.5 Å². The van der Waals surface area contributed by atoms with Gasteiger partial charge < -0.3 is 25.8 Å². The molecule has 0 heterocycles. The number of guanidine groups is 1. The Hall–Kier alpha value is -2.49. The maximum Gasteiger partial charge on any atom is 0.224 e. The Balaban J connectivity index is 0.00000450. The lowest BCUT2D eigenvalue weighted by molar-refractivity contribution is -0.116. The second-order valence-corrected chi connectivity index (χ2v) is 6.56. The van der Waals surface area contributed by atoms with Gasteiger partial charge in [-0.25, -0.2) is 4.99 Å². The van der Waals surface area contributed by atoms with Crippen molar-refractivity contribution in [3.05, 3.63) is 53.6 Å². The van der Waals surface area contributed by atoms with Crippen molar-refractivity contribution < 1.29 is 14.3 Å². The molecule has 0 spiro atoms. The lowest BCUT2D eigenvalue weighted by Crippen LogP contribution is -2.33. The van der Waals surface area contributed by atoms with Gasteiger partial charge in [0.25, 0.3) is 0 Å². The van der Waals surface area contributed by atoms with Crippen LogP contribution in [-0.2, 0) is 17.8 Å². The second-order valence-electron chi connectivity index (χ2n) is 6.56. The van der Waals surface area contributed by atoms with Gasteiger partial charge in [-0.2, -0.15) is 0 Å². The zero-order chi connectivity index (χ0) is 21.1. The van der Waals surface area contributed by atoms with Crippen molar-refractivity contribution in [3.8, 4) is 11.5 Å². The molecule has 2 aromatic rings. The van der Waals surface area contributed by atoms with Gasteiger partial charge in [0.15, 0.2) is 17.5 Å². The number of aliphatic imine (C=N–C) groups is 1. The zero-order valence-electron chi connectivity index (χ0n) is 17.7. The summed E-state index contributed by atoms with van der Waals surface area (Å²) in [5.74, 6) is 1.84. The van der Waals surface area contributed by atoms with Crippen LogP contribution in [0.4, 0.5) is 5.69 Å². The third-order valence-electron chi connectivity index (χ3n) is 4.31. The molecular formula is C22H31IN4O3. The highest BCUT2D eigenvalue weighted by Gasteiger charge is 2.05. The van der Waals surface area contributed by atoms with Gasteiger partial charge in [0.05, 0.1) is 20.8 Å².